The molecule has 11 rings (SSSR count). The second kappa shape index (κ2) is 16.9. The first-order valence-corrected chi connectivity index (χ1v) is 23.9. The lowest BCUT2D eigenvalue weighted by Gasteiger charge is -2.36. The molecule has 4 heteroatoms. The van der Waals surface area contributed by atoms with E-state index < -0.39 is 8.07 Å². The molecule has 11 aromatic rings. The normalized spacial score (nSPS) is 11.4. The lowest BCUT2D eigenvalue weighted by atomic mass is 10.1. The molecule has 0 spiro atoms. The number of benzene rings is 10. The number of hydrogen-bond donors (Lipinski definition) is 0. The standard InChI is InChI=1S/C60H45N3Si/c1-7-23-46(24-8-1)61(47-25-9-2-10-26-47)50-31-21-37-55(43-50)64(53-33-15-5-16-34-53,54-35-17-6-18-36-54)56-38-22-32-51(44-56)62(48-27-11-3-12-28-48)52-41-42-58-57-39-19-20-40-59(57)63(60(58)45-52)49-29-13-4-14-30-49/h1-45H. The van der Waals surface area contributed by atoms with E-state index in [4.69, 9.17) is 0 Å². The maximum atomic E-state index is 2.47. The molecule has 1 heterocycles. The van der Waals surface area contributed by atoms with Crippen molar-refractivity contribution in [1.82, 2.24) is 4.57 Å². The van der Waals surface area contributed by atoms with Gasteiger partial charge in [0.2, 0.25) is 0 Å². The summed E-state index contributed by atoms with van der Waals surface area (Å²) < 4.78 is 2.40. The van der Waals surface area contributed by atoms with Crippen LogP contribution in [0.4, 0.5) is 34.1 Å². The van der Waals surface area contributed by atoms with Crippen molar-refractivity contribution >= 4 is 84.8 Å². The van der Waals surface area contributed by atoms with Gasteiger partial charge in [-0.3, -0.25) is 0 Å². The first-order valence-electron chi connectivity index (χ1n) is 21.9. The average molecular weight is 836 g/mol. The van der Waals surface area contributed by atoms with Crippen molar-refractivity contribution in [3.8, 4) is 5.69 Å². The summed E-state index contributed by atoms with van der Waals surface area (Å²) in [6.45, 7) is 0. The smallest absolute Gasteiger partial charge is 0.179 e. The summed E-state index contributed by atoms with van der Waals surface area (Å²) in [5.74, 6) is 0. The molecule has 0 amide bonds. The third kappa shape index (κ3) is 6.87. The van der Waals surface area contributed by atoms with Gasteiger partial charge >= 0.3 is 0 Å². The van der Waals surface area contributed by atoms with Gasteiger partial charge in [-0.1, -0.05) is 182 Å². The Labute approximate surface area is 376 Å². The molecular weight excluding hydrogens is 791 g/mol. The minimum absolute atomic E-state index is 1.09. The zero-order chi connectivity index (χ0) is 42.7. The van der Waals surface area contributed by atoms with Gasteiger partial charge in [0.15, 0.2) is 8.07 Å². The van der Waals surface area contributed by atoms with Crippen molar-refractivity contribution in [3.05, 3.63) is 273 Å². The van der Waals surface area contributed by atoms with Crippen molar-refractivity contribution in [3.63, 3.8) is 0 Å². The third-order valence-corrected chi connectivity index (χ3v) is 17.2. The summed E-state index contributed by atoms with van der Waals surface area (Å²) >= 11 is 0. The summed E-state index contributed by atoms with van der Waals surface area (Å²) in [7, 11) is -3.03. The molecule has 0 saturated carbocycles. The third-order valence-electron chi connectivity index (χ3n) is 12.5. The van der Waals surface area contributed by atoms with E-state index in [0.29, 0.717) is 0 Å². The number of hydrogen-bond acceptors (Lipinski definition) is 2. The van der Waals surface area contributed by atoms with Gasteiger partial charge in [-0.15, -0.1) is 0 Å². The zero-order valence-corrected chi connectivity index (χ0v) is 36.3. The lowest BCUT2D eigenvalue weighted by molar-refractivity contribution is 1.18. The van der Waals surface area contributed by atoms with Crippen LogP contribution >= 0.6 is 0 Å². The summed E-state index contributed by atoms with van der Waals surface area (Å²) in [5.41, 5.74) is 10.1. The van der Waals surface area contributed by atoms with Gasteiger partial charge in [-0.2, -0.15) is 0 Å². The summed E-state index contributed by atoms with van der Waals surface area (Å²) in [5, 5.41) is 7.71. The van der Waals surface area contributed by atoms with Crippen LogP contribution in [-0.2, 0) is 0 Å². The Morgan fingerprint density at radius 1 is 0.250 bits per heavy atom. The quantitative estimate of drug-likeness (QED) is 0.0950. The van der Waals surface area contributed by atoms with E-state index in [1.807, 2.05) is 0 Å². The van der Waals surface area contributed by atoms with E-state index >= 15 is 0 Å². The van der Waals surface area contributed by atoms with Crippen LogP contribution in [0.15, 0.2) is 273 Å². The van der Waals surface area contributed by atoms with Crippen LogP contribution in [0.3, 0.4) is 0 Å². The van der Waals surface area contributed by atoms with Crippen molar-refractivity contribution in [1.29, 1.82) is 0 Å². The van der Waals surface area contributed by atoms with Gasteiger partial charge in [0.05, 0.1) is 11.0 Å². The average Bonchev–Trinajstić information content (AvgIpc) is 3.70. The Bertz CT molecular complexity index is 3240. The molecule has 64 heavy (non-hydrogen) atoms. The van der Waals surface area contributed by atoms with Crippen LogP contribution in [0.1, 0.15) is 0 Å². The molecule has 0 N–H and O–H groups in total. The van der Waals surface area contributed by atoms with Crippen LogP contribution in [-0.4, -0.2) is 12.6 Å². The predicted octanol–water partition coefficient (Wildman–Crippen LogP) is 13.1. The molecule has 0 unspecified atom stereocenters. The number of nitrogens with zero attached hydrogens (tertiary/aromatic N) is 3. The molecule has 0 aliphatic carbocycles. The van der Waals surface area contributed by atoms with Gasteiger partial charge in [0.25, 0.3) is 0 Å². The van der Waals surface area contributed by atoms with Crippen molar-refractivity contribution in [2.45, 2.75) is 0 Å². The van der Waals surface area contributed by atoms with E-state index in [1.165, 1.54) is 37.0 Å². The number of anilines is 6. The Morgan fingerprint density at radius 2 is 0.609 bits per heavy atom. The fraction of sp³-hybridized carbons (Fsp3) is 0. The molecule has 3 nitrogen and oxygen atoms in total. The van der Waals surface area contributed by atoms with Gasteiger partial charge in [0.1, 0.15) is 0 Å². The van der Waals surface area contributed by atoms with Crippen molar-refractivity contribution < 1.29 is 0 Å². The Balaban J connectivity index is 1.15. The van der Waals surface area contributed by atoms with Crippen LogP contribution in [0, 0.1) is 0 Å². The number of rotatable bonds is 11. The SMILES string of the molecule is c1ccc(N(c2ccccc2)c2cccc([Si](c3ccccc3)(c3ccccc3)c3cccc(N(c4ccccc4)c4ccc5c6ccccc6n(-c6ccccc6)c5c4)c3)c2)cc1. The fourth-order valence-corrected chi connectivity index (χ4v) is 14.5. The van der Waals surface area contributed by atoms with E-state index in [0.717, 1.165) is 45.3 Å². The van der Waals surface area contributed by atoms with Crippen molar-refractivity contribution in [2.24, 2.45) is 0 Å². The van der Waals surface area contributed by atoms with E-state index in [2.05, 4.69) is 287 Å². The molecule has 10 aromatic carbocycles. The topological polar surface area (TPSA) is 11.4 Å². The molecule has 1 aromatic heterocycles. The predicted molar refractivity (Wildman–Crippen MR) is 274 cm³/mol. The second-order valence-corrected chi connectivity index (χ2v) is 20.0. The first-order chi connectivity index (χ1) is 31.8. The van der Waals surface area contributed by atoms with Gasteiger partial charge < -0.3 is 14.4 Å². The monoisotopic (exact) mass is 835 g/mol. The molecule has 0 radical (unpaired) electrons. The molecule has 0 atom stereocenters. The largest absolute Gasteiger partial charge is 0.311 e. The Kier molecular flexibility index (Phi) is 10.2. The molecule has 304 valence electrons. The van der Waals surface area contributed by atoms with E-state index in [9.17, 15) is 0 Å². The highest BCUT2D eigenvalue weighted by Gasteiger charge is 2.42. The Morgan fingerprint density at radius 3 is 1.11 bits per heavy atom. The highest BCUT2D eigenvalue weighted by atomic mass is 28.3. The first kappa shape index (κ1) is 38.7. The summed E-state index contributed by atoms with van der Waals surface area (Å²) in [6, 6.07) is 99.7. The van der Waals surface area contributed by atoms with Crippen molar-refractivity contribution in [2.75, 3.05) is 9.80 Å². The molecule has 0 bridgehead atoms. The number of aromatic nitrogens is 1. The van der Waals surface area contributed by atoms with Gasteiger partial charge in [-0.25, -0.2) is 0 Å². The van der Waals surface area contributed by atoms with Crippen LogP contribution in [0.2, 0.25) is 0 Å². The minimum Gasteiger partial charge on any atom is -0.311 e. The molecule has 0 saturated heterocycles. The highest BCUT2D eigenvalue weighted by Crippen LogP contribution is 2.40. The van der Waals surface area contributed by atoms with Crippen LogP contribution in [0.25, 0.3) is 27.5 Å². The van der Waals surface area contributed by atoms with E-state index in [-0.39, 0.29) is 0 Å². The maximum Gasteiger partial charge on any atom is 0.179 e. The summed E-state index contributed by atoms with van der Waals surface area (Å²) in [4.78, 5) is 4.80. The Hall–Kier alpha value is -8.18. The fourth-order valence-electron chi connectivity index (χ4n) is 9.71. The van der Waals surface area contributed by atoms with Crippen LogP contribution in [0.5, 0.6) is 0 Å². The number of fused-ring (bicyclic) bond motifs is 3. The van der Waals surface area contributed by atoms with Crippen LogP contribution < -0.4 is 30.5 Å². The maximum absolute atomic E-state index is 3.03. The number of para-hydroxylation sites is 5. The minimum atomic E-state index is -3.03. The molecule has 0 aliphatic rings. The molecule has 0 aliphatic heterocycles. The van der Waals surface area contributed by atoms with Gasteiger partial charge in [-0.05, 0) is 112 Å². The van der Waals surface area contributed by atoms with E-state index in [1.54, 1.807) is 0 Å². The summed E-state index contributed by atoms with van der Waals surface area (Å²) in [6.07, 6.45) is 0. The molecular formula is C60H45N3Si. The molecule has 0 fully saturated rings. The highest BCUT2D eigenvalue weighted by molar-refractivity contribution is 7.20. The zero-order valence-electron chi connectivity index (χ0n) is 35.3. The van der Waals surface area contributed by atoms with Gasteiger partial charge in [0, 0.05) is 50.6 Å². The second-order valence-electron chi connectivity index (χ2n) is 16.1. The lowest BCUT2D eigenvalue weighted by Crippen LogP contribution is -2.74.